The Bertz CT molecular complexity index is 925. The Labute approximate surface area is 200 Å². The minimum absolute atomic E-state index is 0. The van der Waals surface area contributed by atoms with E-state index in [0.717, 1.165) is 48.6 Å². The van der Waals surface area contributed by atoms with Crippen LogP contribution in [-0.4, -0.2) is 41.9 Å². The normalized spacial score (nSPS) is 11.4. The maximum Gasteiger partial charge on any atom is 0.194 e. The van der Waals surface area contributed by atoms with Crippen LogP contribution >= 0.6 is 35.3 Å². The summed E-state index contributed by atoms with van der Waals surface area (Å²) in [6, 6.07) is 12.5. The predicted octanol–water partition coefficient (Wildman–Crippen LogP) is 4.50. The van der Waals surface area contributed by atoms with Crippen molar-refractivity contribution in [2.45, 2.75) is 33.1 Å². The monoisotopic (exact) mass is 539 g/mol. The number of halogens is 1. The summed E-state index contributed by atoms with van der Waals surface area (Å²) in [7, 11) is 5.95. The van der Waals surface area contributed by atoms with Gasteiger partial charge in [0, 0.05) is 32.6 Å². The summed E-state index contributed by atoms with van der Waals surface area (Å²) in [5.74, 6) is 1.83. The molecule has 3 aromatic rings. The van der Waals surface area contributed by atoms with Gasteiger partial charge in [0.05, 0.1) is 30.1 Å². The molecule has 8 heteroatoms. The number of thiazole rings is 1. The van der Waals surface area contributed by atoms with Gasteiger partial charge in [-0.2, -0.15) is 0 Å². The Kier molecular flexibility index (Phi) is 9.80. The molecule has 0 unspecified atom stereocenters. The lowest BCUT2D eigenvalue weighted by Gasteiger charge is -2.22. The molecular weight excluding hydrogens is 509 g/mol. The van der Waals surface area contributed by atoms with Crippen LogP contribution in [0, 0.1) is 6.92 Å². The van der Waals surface area contributed by atoms with Crippen molar-refractivity contribution in [1.29, 1.82) is 0 Å². The predicted molar refractivity (Wildman–Crippen MR) is 134 cm³/mol. The summed E-state index contributed by atoms with van der Waals surface area (Å²) in [6.07, 6.45) is 1.72. The number of aliphatic imine (C=N–C) groups is 1. The lowest BCUT2D eigenvalue weighted by atomic mass is 10.1. The quantitative estimate of drug-likeness (QED) is 0.260. The number of aryl methyl sites for hydroxylation is 1. The topological polar surface area (TPSA) is 56.9 Å². The van der Waals surface area contributed by atoms with Crippen LogP contribution in [0.4, 0.5) is 0 Å². The van der Waals surface area contributed by atoms with E-state index in [1.807, 2.05) is 33.2 Å². The summed E-state index contributed by atoms with van der Waals surface area (Å²) in [5.41, 5.74) is 3.62. The molecule has 0 fully saturated rings. The molecule has 0 radical (unpaired) electrons. The highest BCUT2D eigenvalue weighted by molar-refractivity contribution is 14.0. The van der Waals surface area contributed by atoms with Gasteiger partial charge in [0.15, 0.2) is 5.96 Å². The van der Waals surface area contributed by atoms with Gasteiger partial charge < -0.3 is 14.6 Å². The highest BCUT2D eigenvalue weighted by Crippen LogP contribution is 2.14. The molecule has 0 saturated heterocycles. The fourth-order valence-corrected chi connectivity index (χ4v) is 3.86. The molecule has 1 aromatic carbocycles. The first-order valence-corrected chi connectivity index (χ1v) is 10.5. The largest absolute Gasteiger partial charge is 0.468 e. The molecule has 1 N–H and O–H groups in total. The average Bonchev–Trinajstić information content (AvgIpc) is 3.35. The molecule has 3 rings (SSSR count). The van der Waals surface area contributed by atoms with Gasteiger partial charge in [0.25, 0.3) is 0 Å². The number of furan rings is 1. The number of aromatic nitrogens is 1. The molecule has 0 amide bonds. The van der Waals surface area contributed by atoms with Crippen molar-refractivity contribution in [2.75, 3.05) is 21.1 Å². The van der Waals surface area contributed by atoms with E-state index in [-0.39, 0.29) is 24.0 Å². The molecule has 0 aliphatic carbocycles. The summed E-state index contributed by atoms with van der Waals surface area (Å²) in [5, 5.41) is 6.67. The van der Waals surface area contributed by atoms with E-state index in [2.05, 4.69) is 61.8 Å². The lowest BCUT2D eigenvalue weighted by Crippen LogP contribution is -2.38. The second-order valence-electron chi connectivity index (χ2n) is 7.14. The fourth-order valence-electron chi connectivity index (χ4n) is 3.26. The van der Waals surface area contributed by atoms with Crippen molar-refractivity contribution >= 4 is 41.3 Å². The van der Waals surface area contributed by atoms with E-state index in [4.69, 9.17) is 4.42 Å². The molecule has 0 bridgehead atoms. The molecule has 2 aromatic heterocycles. The summed E-state index contributed by atoms with van der Waals surface area (Å²) < 4.78 is 5.46. The van der Waals surface area contributed by atoms with E-state index in [1.54, 1.807) is 17.6 Å². The standard InChI is InChI=1S/C22H29N5OS.HI/c1-17-25-20(16-29-17)14-27(4)22(23-2)24-12-18-8-5-6-9-19(18)13-26(3)15-21-10-7-11-28-21;/h5-11,16H,12-15H2,1-4H3,(H,23,24);1H. The molecule has 0 atom stereocenters. The van der Waals surface area contributed by atoms with E-state index in [1.165, 1.54) is 11.1 Å². The molecule has 30 heavy (non-hydrogen) atoms. The van der Waals surface area contributed by atoms with Crippen LogP contribution in [0.25, 0.3) is 0 Å². The van der Waals surface area contributed by atoms with Crippen LogP contribution in [0.1, 0.15) is 27.6 Å². The second-order valence-corrected chi connectivity index (χ2v) is 8.20. The van der Waals surface area contributed by atoms with Crippen LogP contribution in [0.3, 0.4) is 0 Å². The van der Waals surface area contributed by atoms with Gasteiger partial charge in [-0.05, 0) is 37.2 Å². The molecule has 6 nitrogen and oxygen atoms in total. The molecule has 0 aliphatic rings. The van der Waals surface area contributed by atoms with E-state index >= 15 is 0 Å². The first-order chi connectivity index (χ1) is 14.0. The first kappa shape index (κ1) is 24.4. The third-order valence-corrected chi connectivity index (χ3v) is 5.46. The van der Waals surface area contributed by atoms with Crippen molar-refractivity contribution in [3.63, 3.8) is 0 Å². The Morgan fingerprint density at radius 2 is 1.87 bits per heavy atom. The Balaban J connectivity index is 0.00000320. The third kappa shape index (κ3) is 7.10. The number of nitrogens with zero attached hydrogens (tertiary/aromatic N) is 4. The number of hydrogen-bond acceptors (Lipinski definition) is 5. The van der Waals surface area contributed by atoms with Gasteiger partial charge in [0.1, 0.15) is 5.76 Å². The van der Waals surface area contributed by atoms with Crippen molar-refractivity contribution in [3.8, 4) is 0 Å². The molecule has 0 spiro atoms. The van der Waals surface area contributed by atoms with Gasteiger partial charge in [-0.1, -0.05) is 24.3 Å². The van der Waals surface area contributed by atoms with Crippen LogP contribution in [0.5, 0.6) is 0 Å². The van der Waals surface area contributed by atoms with Gasteiger partial charge in [-0.25, -0.2) is 4.98 Å². The molecular formula is C22H30IN5OS. The maximum absolute atomic E-state index is 5.46. The number of nitrogens with one attached hydrogen (secondary N) is 1. The Hall–Kier alpha value is -1.91. The molecule has 162 valence electrons. The summed E-state index contributed by atoms with van der Waals surface area (Å²) in [6.45, 7) is 5.12. The molecule has 0 aliphatic heterocycles. The average molecular weight is 539 g/mol. The van der Waals surface area contributed by atoms with Crippen LogP contribution in [0.2, 0.25) is 0 Å². The summed E-state index contributed by atoms with van der Waals surface area (Å²) >= 11 is 1.68. The highest BCUT2D eigenvalue weighted by Gasteiger charge is 2.11. The zero-order valence-corrected chi connectivity index (χ0v) is 21.1. The van der Waals surface area contributed by atoms with Crippen LogP contribution < -0.4 is 5.32 Å². The minimum Gasteiger partial charge on any atom is -0.468 e. The number of benzene rings is 1. The van der Waals surface area contributed by atoms with Crippen molar-refractivity contribution in [3.05, 3.63) is 75.6 Å². The number of guanidine groups is 1. The van der Waals surface area contributed by atoms with Crippen LogP contribution in [0.15, 0.2) is 57.5 Å². The third-order valence-electron chi connectivity index (χ3n) is 4.64. The summed E-state index contributed by atoms with van der Waals surface area (Å²) in [4.78, 5) is 13.3. The lowest BCUT2D eigenvalue weighted by molar-refractivity contribution is 0.287. The van der Waals surface area contributed by atoms with Crippen LogP contribution in [-0.2, 0) is 26.2 Å². The Morgan fingerprint density at radius 3 is 2.50 bits per heavy atom. The Morgan fingerprint density at radius 1 is 1.10 bits per heavy atom. The fraction of sp³-hybridized carbons (Fsp3) is 0.364. The second kappa shape index (κ2) is 12.1. The zero-order chi connectivity index (χ0) is 20.6. The number of hydrogen-bond donors (Lipinski definition) is 1. The zero-order valence-electron chi connectivity index (χ0n) is 18.0. The van der Waals surface area contributed by atoms with Gasteiger partial charge in [0.2, 0.25) is 0 Å². The minimum atomic E-state index is 0. The van der Waals surface area contributed by atoms with Gasteiger partial charge >= 0.3 is 0 Å². The maximum atomic E-state index is 5.46. The smallest absolute Gasteiger partial charge is 0.194 e. The van der Waals surface area contributed by atoms with E-state index < -0.39 is 0 Å². The first-order valence-electron chi connectivity index (χ1n) is 9.65. The van der Waals surface area contributed by atoms with E-state index in [9.17, 15) is 0 Å². The molecule has 0 saturated carbocycles. The van der Waals surface area contributed by atoms with Crippen molar-refractivity contribution < 1.29 is 4.42 Å². The highest BCUT2D eigenvalue weighted by atomic mass is 127. The van der Waals surface area contributed by atoms with Crippen molar-refractivity contribution in [2.24, 2.45) is 4.99 Å². The SMILES string of the molecule is CN=C(NCc1ccccc1CN(C)Cc1ccco1)N(C)Cc1csc(C)n1.I. The number of rotatable bonds is 8. The van der Waals surface area contributed by atoms with Crippen molar-refractivity contribution in [1.82, 2.24) is 20.1 Å². The van der Waals surface area contributed by atoms with E-state index in [0.29, 0.717) is 0 Å². The van der Waals surface area contributed by atoms with Gasteiger partial charge in [-0.3, -0.25) is 9.89 Å². The molecule has 2 heterocycles. The van der Waals surface area contributed by atoms with Gasteiger partial charge in [-0.15, -0.1) is 35.3 Å².